The average molecular weight is 470 g/mol. The van der Waals surface area contributed by atoms with Crippen LogP contribution in [0.5, 0.6) is 0 Å². The number of rotatable bonds is 7. The number of tetrazole rings is 1. The summed E-state index contributed by atoms with van der Waals surface area (Å²) < 4.78 is 2.39. The number of carbonyl (C=O) groups excluding carboxylic acids is 1. The number of benzene rings is 2. The minimum atomic E-state index is -0.507. The van der Waals surface area contributed by atoms with Crippen molar-refractivity contribution in [2.45, 2.75) is 23.9 Å². The van der Waals surface area contributed by atoms with E-state index in [0.717, 1.165) is 22.0 Å². The fourth-order valence-electron chi connectivity index (χ4n) is 3.03. The smallest absolute Gasteiger partial charge is 0.284 e. The second-order valence-electron chi connectivity index (χ2n) is 7.40. The van der Waals surface area contributed by atoms with Crippen molar-refractivity contribution in [2.75, 3.05) is 11.4 Å². The molecular weight excluding hydrogens is 450 g/mol. The second kappa shape index (κ2) is 9.01. The summed E-state index contributed by atoms with van der Waals surface area (Å²) in [7, 11) is 1.65. The lowest BCUT2D eigenvalue weighted by Crippen LogP contribution is -2.34. The van der Waals surface area contributed by atoms with Crippen LogP contribution in [0, 0.1) is 16.0 Å². The molecule has 0 spiro atoms. The van der Waals surface area contributed by atoms with Gasteiger partial charge in [0.15, 0.2) is 5.13 Å². The van der Waals surface area contributed by atoms with Crippen LogP contribution in [0.25, 0.3) is 10.2 Å². The highest BCUT2D eigenvalue weighted by Gasteiger charge is 2.26. The molecule has 0 fully saturated rings. The van der Waals surface area contributed by atoms with Gasteiger partial charge in [0.2, 0.25) is 5.16 Å². The van der Waals surface area contributed by atoms with Gasteiger partial charge in [0.05, 0.1) is 20.0 Å². The largest absolute Gasteiger partial charge is 0.284 e. The van der Waals surface area contributed by atoms with Gasteiger partial charge in [-0.2, -0.15) is 0 Å². The molecule has 0 radical (unpaired) electrons. The number of anilines is 1. The van der Waals surface area contributed by atoms with E-state index in [-0.39, 0.29) is 23.1 Å². The Morgan fingerprint density at radius 2 is 2.06 bits per heavy atom. The van der Waals surface area contributed by atoms with Gasteiger partial charge in [-0.15, -0.1) is 5.10 Å². The minimum absolute atomic E-state index is 0.180. The SMILES string of the molecule is CC(C)CN(C(=O)c1ccc(Sc2nnnn2C)c([N+](=O)[O-])c1)c1nc2ccccc2s1. The number of amides is 1. The maximum absolute atomic E-state index is 13.4. The summed E-state index contributed by atoms with van der Waals surface area (Å²) in [5.41, 5.74) is 0.846. The molecule has 4 rings (SSSR count). The maximum atomic E-state index is 13.4. The Labute approximate surface area is 191 Å². The Morgan fingerprint density at radius 1 is 1.28 bits per heavy atom. The number of fused-ring (bicyclic) bond motifs is 1. The van der Waals surface area contributed by atoms with E-state index < -0.39 is 4.92 Å². The summed E-state index contributed by atoms with van der Waals surface area (Å²) in [6, 6.07) is 12.1. The Balaban J connectivity index is 1.70. The summed E-state index contributed by atoms with van der Waals surface area (Å²) in [5.74, 6) is -0.156. The van der Waals surface area contributed by atoms with Crippen molar-refractivity contribution in [1.29, 1.82) is 0 Å². The molecule has 0 bridgehead atoms. The molecule has 12 heteroatoms. The third kappa shape index (κ3) is 4.46. The lowest BCUT2D eigenvalue weighted by Gasteiger charge is -2.22. The van der Waals surface area contributed by atoms with Crippen LogP contribution in [0.4, 0.5) is 10.8 Å². The maximum Gasteiger partial charge on any atom is 0.284 e. The Kier molecular flexibility index (Phi) is 6.15. The van der Waals surface area contributed by atoms with Crippen LogP contribution in [-0.4, -0.2) is 42.6 Å². The van der Waals surface area contributed by atoms with Crippen LogP contribution in [0.2, 0.25) is 0 Å². The predicted octanol–water partition coefficient (Wildman–Crippen LogP) is 4.18. The molecule has 32 heavy (non-hydrogen) atoms. The van der Waals surface area contributed by atoms with Gasteiger partial charge in [-0.1, -0.05) is 37.3 Å². The van der Waals surface area contributed by atoms with E-state index in [1.807, 2.05) is 38.1 Å². The van der Waals surface area contributed by atoms with Gasteiger partial charge in [-0.05, 0) is 52.4 Å². The highest BCUT2D eigenvalue weighted by atomic mass is 32.2. The van der Waals surface area contributed by atoms with E-state index in [1.54, 1.807) is 24.1 Å². The van der Waals surface area contributed by atoms with Crippen LogP contribution in [-0.2, 0) is 7.05 Å². The van der Waals surface area contributed by atoms with Gasteiger partial charge in [0.25, 0.3) is 11.6 Å². The topological polar surface area (TPSA) is 120 Å². The summed E-state index contributed by atoms with van der Waals surface area (Å²) >= 11 is 2.48. The fraction of sp³-hybridized carbons (Fsp3) is 0.250. The highest BCUT2D eigenvalue weighted by Crippen LogP contribution is 2.35. The quantitative estimate of drug-likeness (QED) is 0.292. The van der Waals surface area contributed by atoms with Crippen molar-refractivity contribution in [3.8, 4) is 0 Å². The van der Waals surface area contributed by atoms with Gasteiger partial charge in [-0.25, -0.2) is 9.67 Å². The molecular formula is C20H19N7O3S2. The lowest BCUT2D eigenvalue weighted by atomic mass is 10.1. The van der Waals surface area contributed by atoms with E-state index in [1.165, 1.54) is 22.1 Å². The number of hydrogen-bond donors (Lipinski definition) is 0. The van der Waals surface area contributed by atoms with Crippen LogP contribution in [0.1, 0.15) is 24.2 Å². The van der Waals surface area contributed by atoms with Crippen molar-refractivity contribution in [1.82, 2.24) is 25.2 Å². The molecule has 0 saturated carbocycles. The fourth-order valence-corrected chi connectivity index (χ4v) is 4.82. The standard InChI is InChI=1S/C20H19N7O3S2/c1-12(2)11-26(19-21-14-6-4-5-7-16(14)31-19)18(28)13-8-9-17(15(10-13)27(29)30)32-20-22-23-24-25(20)3/h4-10,12H,11H2,1-3H3. The van der Waals surface area contributed by atoms with E-state index in [0.29, 0.717) is 21.7 Å². The first-order chi connectivity index (χ1) is 15.3. The molecule has 2 heterocycles. The number of aryl methyl sites for hydroxylation is 1. The zero-order valence-electron chi connectivity index (χ0n) is 17.5. The third-order valence-electron chi connectivity index (χ3n) is 4.49. The van der Waals surface area contributed by atoms with Gasteiger partial charge in [0, 0.05) is 25.2 Å². The zero-order valence-corrected chi connectivity index (χ0v) is 19.1. The number of nitro groups is 1. The molecule has 0 atom stereocenters. The number of aromatic nitrogens is 5. The first-order valence-electron chi connectivity index (χ1n) is 9.69. The molecule has 1 amide bonds. The van der Waals surface area contributed by atoms with Crippen molar-refractivity contribution in [3.05, 3.63) is 58.1 Å². The molecule has 0 aliphatic carbocycles. The summed E-state index contributed by atoms with van der Waals surface area (Å²) in [6.45, 7) is 4.45. The monoisotopic (exact) mass is 469 g/mol. The van der Waals surface area contributed by atoms with E-state index in [4.69, 9.17) is 0 Å². The number of carbonyl (C=O) groups is 1. The number of nitrogens with zero attached hydrogens (tertiary/aromatic N) is 7. The molecule has 0 aliphatic heterocycles. The van der Waals surface area contributed by atoms with Crippen molar-refractivity contribution < 1.29 is 9.72 Å². The van der Waals surface area contributed by atoms with Gasteiger partial charge < -0.3 is 0 Å². The van der Waals surface area contributed by atoms with Gasteiger partial charge in [-0.3, -0.25) is 19.8 Å². The number of nitro benzene ring substituents is 1. The first-order valence-corrected chi connectivity index (χ1v) is 11.3. The molecule has 2 aromatic heterocycles. The molecule has 0 saturated heterocycles. The van der Waals surface area contributed by atoms with Crippen LogP contribution in [0.15, 0.2) is 52.5 Å². The average Bonchev–Trinajstić information content (AvgIpc) is 3.37. The summed E-state index contributed by atoms with van der Waals surface area (Å²) in [5, 5.41) is 23.8. The highest BCUT2D eigenvalue weighted by molar-refractivity contribution is 7.99. The summed E-state index contributed by atoms with van der Waals surface area (Å²) in [4.78, 5) is 31.2. The van der Waals surface area contributed by atoms with E-state index in [9.17, 15) is 14.9 Å². The number of hydrogen-bond acceptors (Lipinski definition) is 9. The second-order valence-corrected chi connectivity index (χ2v) is 9.42. The van der Waals surface area contributed by atoms with Crippen LogP contribution >= 0.6 is 23.1 Å². The number of thiazole rings is 1. The van der Waals surface area contributed by atoms with E-state index in [2.05, 4.69) is 20.5 Å². The van der Waals surface area contributed by atoms with Crippen molar-refractivity contribution in [3.63, 3.8) is 0 Å². The third-order valence-corrected chi connectivity index (χ3v) is 6.64. The number of para-hydroxylation sites is 1. The molecule has 0 N–H and O–H groups in total. The molecule has 164 valence electrons. The van der Waals surface area contributed by atoms with Crippen LogP contribution < -0.4 is 4.90 Å². The molecule has 0 aliphatic rings. The van der Waals surface area contributed by atoms with Gasteiger partial charge >= 0.3 is 0 Å². The van der Waals surface area contributed by atoms with E-state index >= 15 is 0 Å². The van der Waals surface area contributed by atoms with Crippen molar-refractivity contribution in [2.24, 2.45) is 13.0 Å². The normalized spacial score (nSPS) is 11.2. The molecule has 10 nitrogen and oxygen atoms in total. The predicted molar refractivity (Wildman–Crippen MR) is 122 cm³/mol. The molecule has 4 aromatic rings. The van der Waals surface area contributed by atoms with Crippen LogP contribution in [0.3, 0.4) is 0 Å². The van der Waals surface area contributed by atoms with Crippen molar-refractivity contribution >= 4 is 50.0 Å². The summed E-state index contributed by atoms with van der Waals surface area (Å²) in [6.07, 6.45) is 0. The zero-order chi connectivity index (χ0) is 22.8. The minimum Gasteiger partial charge on any atom is -0.284 e. The Morgan fingerprint density at radius 3 is 2.72 bits per heavy atom. The molecule has 0 unspecified atom stereocenters. The first kappa shape index (κ1) is 21.8. The molecule has 2 aromatic carbocycles. The Hall–Kier alpha value is -3.38. The Bertz CT molecular complexity index is 1270. The van der Waals surface area contributed by atoms with Gasteiger partial charge in [0.1, 0.15) is 0 Å². The lowest BCUT2D eigenvalue weighted by molar-refractivity contribution is -0.387.